The highest BCUT2D eigenvalue weighted by Gasteiger charge is 2.39. The summed E-state index contributed by atoms with van der Waals surface area (Å²) in [6.07, 6.45) is -9.93. The molecule has 1 heterocycles. The van der Waals surface area contributed by atoms with Crippen LogP contribution in [-0.2, 0) is 28.2 Å². The van der Waals surface area contributed by atoms with Gasteiger partial charge in [0.1, 0.15) is 6.10 Å². The van der Waals surface area contributed by atoms with Crippen molar-refractivity contribution in [3.8, 4) is 0 Å². The van der Waals surface area contributed by atoms with E-state index in [2.05, 4.69) is 5.32 Å². The maximum Gasteiger partial charge on any atom is 0.416 e. The summed E-state index contributed by atoms with van der Waals surface area (Å²) in [5.41, 5.74) is -2.10. The van der Waals surface area contributed by atoms with Crippen molar-refractivity contribution in [3.63, 3.8) is 0 Å². The second kappa shape index (κ2) is 13.7. The van der Waals surface area contributed by atoms with Crippen LogP contribution >= 0.6 is 12.2 Å². The van der Waals surface area contributed by atoms with Crippen molar-refractivity contribution in [2.75, 3.05) is 18.5 Å². The maximum atomic E-state index is 13.5. The van der Waals surface area contributed by atoms with E-state index in [4.69, 9.17) is 21.7 Å². The molecule has 1 N–H and O–H groups in total. The lowest BCUT2D eigenvalue weighted by Gasteiger charge is -2.40. The number of benzene rings is 3. The molecule has 0 saturated carbocycles. The van der Waals surface area contributed by atoms with Crippen molar-refractivity contribution in [2.24, 2.45) is 0 Å². The number of rotatable bonds is 7. The molecule has 1 fully saturated rings. The topological polar surface area (TPSA) is 67.9 Å². The third-order valence-corrected chi connectivity index (χ3v) is 7.19. The Morgan fingerprint density at radius 1 is 0.909 bits per heavy atom. The van der Waals surface area contributed by atoms with Gasteiger partial charge in [0.2, 0.25) is 0 Å². The van der Waals surface area contributed by atoms with Crippen molar-refractivity contribution < 1.29 is 45.4 Å². The number of hydrogen-bond donors (Lipinski definition) is 1. The van der Waals surface area contributed by atoms with Crippen LogP contribution in [0.4, 0.5) is 32.0 Å². The van der Waals surface area contributed by atoms with Crippen LogP contribution in [0.1, 0.15) is 57.2 Å². The molecule has 1 aliphatic heterocycles. The summed E-state index contributed by atoms with van der Waals surface area (Å²) in [5.74, 6) is -1.41. The maximum absolute atomic E-state index is 13.5. The molecule has 44 heavy (non-hydrogen) atoms. The highest BCUT2D eigenvalue weighted by atomic mass is 32.1. The summed E-state index contributed by atoms with van der Waals surface area (Å²) in [4.78, 5) is 26.7. The van der Waals surface area contributed by atoms with Crippen molar-refractivity contribution >= 4 is 35.0 Å². The van der Waals surface area contributed by atoms with Gasteiger partial charge in [-0.1, -0.05) is 30.3 Å². The molecule has 13 heteroatoms. The number of nitrogens with one attached hydrogen (secondary N) is 1. The van der Waals surface area contributed by atoms with Crippen molar-refractivity contribution in [1.82, 2.24) is 4.90 Å². The molecule has 0 aromatic heterocycles. The van der Waals surface area contributed by atoms with E-state index < -0.39 is 53.1 Å². The van der Waals surface area contributed by atoms with Crippen LogP contribution in [0.15, 0.2) is 72.8 Å². The second-order valence-corrected chi connectivity index (χ2v) is 10.5. The Morgan fingerprint density at radius 3 is 2.09 bits per heavy atom. The summed E-state index contributed by atoms with van der Waals surface area (Å²) >= 11 is 5.35. The number of thiocarbonyl (C=S) groups is 1. The first-order valence-corrected chi connectivity index (χ1v) is 14.0. The van der Waals surface area contributed by atoms with Crippen LogP contribution in [0, 0.1) is 0 Å². The van der Waals surface area contributed by atoms with E-state index in [1.165, 1.54) is 4.90 Å². The Labute approximate surface area is 254 Å². The molecule has 1 aliphatic rings. The minimum absolute atomic E-state index is 0.00334. The number of anilines is 1. The van der Waals surface area contributed by atoms with Crippen LogP contribution in [0.5, 0.6) is 0 Å². The van der Waals surface area contributed by atoms with Crippen LogP contribution < -0.4 is 5.32 Å². The number of carbonyl (C=O) groups excluding carboxylic acids is 2. The third-order valence-electron chi connectivity index (χ3n) is 6.99. The van der Waals surface area contributed by atoms with E-state index in [0.29, 0.717) is 23.4 Å². The molecule has 0 spiro atoms. The molecule has 1 saturated heterocycles. The number of esters is 1. The molecule has 6 nitrogen and oxygen atoms in total. The summed E-state index contributed by atoms with van der Waals surface area (Å²) in [6.45, 7) is 1.94. The van der Waals surface area contributed by atoms with Gasteiger partial charge in [-0.2, -0.15) is 26.3 Å². The number of alkyl halides is 6. The number of halogens is 6. The monoisotopic (exact) mass is 638 g/mol. The van der Waals surface area contributed by atoms with E-state index >= 15 is 0 Å². The summed E-state index contributed by atoms with van der Waals surface area (Å²) in [7, 11) is 0. The van der Waals surface area contributed by atoms with Crippen LogP contribution in [0.3, 0.4) is 0 Å². The number of piperidine rings is 1. The zero-order chi connectivity index (χ0) is 32.1. The number of amides is 1. The molecule has 0 radical (unpaired) electrons. The Balaban J connectivity index is 1.52. The molecule has 1 amide bonds. The number of ether oxygens (including phenoxy) is 2. The van der Waals surface area contributed by atoms with Gasteiger partial charge < -0.3 is 19.7 Å². The van der Waals surface area contributed by atoms with Gasteiger partial charge in [-0.05, 0) is 73.6 Å². The van der Waals surface area contributed by atoms with Gasteiger partial charge in [0.15, 0.2) is 0 Å². The lowest BCUT2D eigenvalue weighted by molar-refractivity contribution is -0.143. The predicted octanol–water partition coefficient (Wildman–Crippen LogP) is 7.53. The molecule has 0 aliphatic carbocycles. The van der Waals surface area contributed by atoms with Gasteiger partial charge in [0, 0.05) is 36.7 Å². The van der Waals surface area contributed by atoms with Crippen LogP contribution in [0.2, 0.25) is 0 Å². The lowest BCUT2D eigenvalue weighted by atomic mass is 9.92. The predicted molar refractivity (Wildman–Crippen MR) is 154 cm³/mol. The molecule has 4 rings (SSSR count). The van der Waals surface area contributed by atoms with Gasteiger partial charge in [-0.3, -0.25) is 4.79 Å². The average molecular weight is 639 g/mol. The third kappa shape index (κ3) is 8.49. The van der Waals surface area contributed by atoms with Gasteiger partial charge >= 0.3 is 18.3 Å². The number of hydrogen-bond acceptors (Lipinski definition) is 5. The van der Waals surface area contributed by atoms with E-state index in [-0.39, 0.29) is 43.7 Å². The van der Waals surface area contributed by atoms with Crippen molar-refractivity contribution in [1.29, 1.82) is 0 Å². The van der Waals surface area contributed by atoms with E-state index in [9.17, 15) is 35.9 Å². The Hall–Kier alpha value is -4.13. The summed E-state index contributed by atoms with van der Waals surface area (Å²) < 4.78 is 91.7. The number of likely N-dealkylation sites (tertiary alicyclic amines) is 1. The molecule has 234 valence electrons. The molecular weight excluding hydrogens is 610 g/mol. The smallest absolute Gasteiger partial charge is 0.416 e. The van der Waals surface area contributed by atoms with Gasteiger partial charge in [-0.15, -0.1) is 0 Å². The fourth-order valence-corrected chi connectivity index (χ4v) is 5.17. The van der Waals surface area contributed by atoms with E-state index in [1.807, 2.05) is 12.1 Å². The zero-order valence-electron chi connectivity index (χ0n) is 23.4. The first kappa shape index (κ1) is 32.8. The van der Waals surface area contributed by atoms with Crippen molar-refractivity contribution in [3.05, 3.63) is 101 Å². The van der Waals surface area contributed by atoms with E-state index in [1.54, 1.807) is 49.4 Å². The fraction of sp³-hybridized carbons (Fsp3) is 0.323. The Bertz CT molecular complexity index is 1450. The zero-order valence-corrected chi connectivity index (χ0v) is 24.2. The quantitative estimate of drug-likeness (QED) is 0.164. The minimum atomic E-state index is -5.08. The highest BCUT2D eigenvalue weighted by Crippen LogP contribution is 2.37. The standard InChI is InChI=1S/C31H28F6N2O4S/c1-2-42-28(41)20-8-10-24(11-9-20)38-29(44)43-26-12-13-39(25(18-26)14-19-6-4-3-5-7-19)27(40)21-15-22(30(32,33)34)17-23(16-21)31(35,36)37/h3-11,15-17,25-26H,2,12-14,18H2,1H3,(H,38,44)/t25-,26+/m1/s1. The summed E-state index contributed by atoms with van der Waals surface area (Å²) in [6, 6.07) is 15.6. The first-order chi connectivity index (χ1) is 20.7. The van der Waals surface area contributed by atoms with E-state index in [0.717, 1.165) is 5.56 Å². The van der Waals surface area contributed by atoms with Crippen LogP contribution in [-0.4, -0.2) is 47.2 Å². The fourth-order valence-electron chi connectivity index (χ4n) is 4.92. The number of nitrogens with zero attached hydrogens (tertiary/aromatic N) is 1. The van der Waals surface area contributed by atoms with Gasteiger partial charge in [0.05, 0.1) is 23.3 Å². The minimum Gasteiger partial charge on any atom is -0.467 e. The van der Waals surface area contributed by atoms with Gasteiger partial charge in [0.25, 0.3) is 11.1 Å². The molecular formula is C31H28F6N2O4S. The SMILES string of the molecule is CCOC(=O)c1ccc(NC(=S)O[C@H]2CCN(C(=O)c3cc(C(F)(F)F)cc(C(F)(F)F)c3)[C@H](Cc3ccccc3)C2)cc1. The number of carbonyl (C=O) groups is 2. The first-order valence-electron chi connectivity index (χ1n) is 13.6. The molecule has 3 aromatic carbocycles. The molecule has 3 aromatic rings. The Morgan fingerprint density at radius 2 is 1.52 bits per heavy atom. The Kier molecular flexibility index (Phi) is 10.2. The van der Waals surface area contributed by atoms with Crippen LogP contribution in [0.25, 0.3) is 0 Å². The molecule has 2 atom stereocenters. The van der Waals surface area contributed by atoms with Crippen molar-refractivity contribution in [2.45, 2.75) is 50.7 Å². The molecule has 0 bridgehead atoms. The largest absolute Gasteiger partial charge is 0.467 e. The normalized spacial score (nSPS) is 17.1. The lowest BCUT2D eigenvalue weighted by Crippen LogP contribution is -2.49. The van der Waals surface area contributed by atoms with Gasteiger partial charge in [-0.25, -0.2) is 4.79 Å². The summed E-state index contributed by atoms with van der Waals surface area (Å²) in [5, 5.41) is 2.93. The molecule has 0 unspecified atom stereocenters. The second-order valence-electron chi connectivity index (χ2n) is 10.1. The highest BCUT2D eigenvalue weighted by molar-refractivity contribution is 7.80. The average Bonchev–Trinajstić information content (AvgIpc) is 2.97.